The molecule has 0 saturated carbocycles. The van der Waals surface area contributed by atoms with Gasteiger partial charge in [-0.25, -0.2) is 9.78 Å². The van der Waals surface area contributed by atoms with E-state index in [1.165, 1.54) is 0 Å². The van der Waals surface area contributed by atoms with E-state index in [-0.39, 0.29) is 6.03 Å². The van der Waals surface area contributed by atoms with Crippen molar-refractivity contribution in [3.8, 4) is 0 Å². The monoisotopic (exact) mass is 194 g/mol. The zero-order valence-corrected chi connectivity index (χ0v) is 8.08. The molecule has 4 N–H and O–H groups in total. The number of carbonyl (C=O) groups excluding carboxylic acids is 1. The molecule has 1 aromatic heterocycles. The van der Waals surface area contributed by atoms with Crippen LogP contribution < -0.4 is 16.4 Å². The molecule has 0 bridgehead atoms. The summed E-state index contributed by atoms with van der Waals surface area (Å²) >= 11 is 0. The molecule has 0 aromatic carbocycles. The summed E-state index contributed by atoms with van der Waals surface area (Å²) in [5, 5.41) is 5.28. The van der Waals surface area contributed by atoms with E-state index in [1.54, 1.807) is 12.1 Å². The molecule has 5 heteroatoms. The maximum atomic E-state index is 11.0. The van der Waals surface area contributed by atoms with Gasteiger partial charge in [-0.15, -0.1) is 0 Å². The van der Waals surface area contributed by atoms with Crippen LogP contribution in [0.25, 0.3) is 0 Å². The summed E-state index contributed by atoms with van der Waals surface area (Å²) in [4.78, 5) is 15.1. The Morgan fingerprint density at radius 3 is 2.93 bits per heavy atom. The number of nitrogens with zero attached hydrogens (tertiary/aromatic N) is 1. The first kappa shape index (κ1) is 10.3. The Balaban J connectivity index is 2.41. The van der Waals surface area contributed by atoms with Crippen LogP contribution in [0.5, 0.6) is 0 Å². The number of urea groups is 1. The molecule has 0 saturated heterocycles. The number of nitrogens with two attached hydrogens (primary N) is 1. The Bertz CT molecular complexity index is 313. The van der Waals surface area contributed by atoms with Crippen molar-refractivity contribution in [2.75, 3.05) is 12.3 Å². The van der Waals surface area contributed by atoms with Crippen molar-refractivity contribution >= 4 is 11.8 Å². The van der Waals surface area contributed by atoms with E-state index in [4.69, 9.17) is 5.73 Å². The summed E-state index contributed by atoms with van der Waals surface area (Å²) < 4.78 is 0. The summed E-state index contributed by atoms with van der Waals surface area (Å²) in [5.74, 6) is 0.459. The molecule has 0 spiro atoms. The maximum absolute atomic E-state index is 11.0. The van der Waals surface area contributed by atoms with Crippen LogP contribution in [0.15, 0.2) is 18.2 Å². The molecule has 1 aromatic rings. The van der Waals surface area contributed by atoms with Crippen LogP contribution in [-0.2, 0) is 6.54 Å². The molecule has 0 aliphatic heterocycles. The summed E-state index contributed by atoms with van der Waals surface area (Å²) in [6, 6.07) is 5.12. The van der Waals surface area contributed by atoms with Gasteiger partial charge in [-0.3, -0.25) is 0 Å². The number of anilines is 1. The first-order valence-corrected chi connectivity index (χ1v) is 4.45. The van der Waals surface area contributed by atoms with Gasteiger partial charge in [-0.05, 0) is 19.1 Å². The Kier molecular flexibility index (Phi) is 3.72. The van der Waals surface area contributed by atoms with Gasteiger partial charge in [-0.2, -0.15) is 0 Å². The second-order valence-corrected chi connectivity index (χ2v) is 2.77. The van der Waals surface area contributed by atoms with E-state index in [1.807, 2.05) is 13.0 Å². The zero-order chi connectivity index (χ0) is 10.4. The molecule has 1 heterocycles. The van der Waals surface area contributed by atoms with Crippen molar-refractivity contribution in [1.29, 1.82) is 0 Å². The Morgan fingerprint density at radius 1 is 1.50 bits per heavy atom. The van der Waals surface area contributed by atoms with E-state index in [0.29, 0.717) is 18.9 Å². The fraction of sp³-hybridized carbons (Fsp3) is 0.333. The predicted molar refractivity (Wildman–Crippen MR) is 54.6 cm³/mol. The Hall–Kier alpha value is -1.78. The number of hydrogen-bond donors (Lipinski definition) is 3. The average molecular weight is 194 g/mol. The lowest BCUT2D eigenvalue weighted by molar-refractivity contribution is 0.241. The molecule has 76 valence electrons. The standard InChI is InChI=1S/C9H14N4O/c1-2-11-9(14)12-6-7-4-3-5-8(10)13-7/h3-5H,2,6H2,1H3,(H2,10,13)(H2,11,12,14). The first-order chi connectivity index (χ1) is 6.72. The lowest BCUT2D eigenvalue weighted by atomic mass is 10.3. The molecule has 5 nitrogen and oxygen atoms in total. The molecule has 1 rings (SSSR count). The molecule has 0 aliphatic carbocycles. The van der Waals surface area contributed by atoms with Crippen LogP contribution in [-0.4, -0.2) is 17.6 Å². The second-order valence-electron chi connectivity index (χ2n) is 2.77. The van der Waals surface area contributed by atoms with Crippen LogP contribution in [0.3, 0.4) is 0 Å². The van der Waals surface area contributed by atoms with E-state index in [0.717, 1.165) is 5.69 Å². The van der Waals surface area contributed by atoms with Gasteiger partial charge in [0.15, 0.2) is 0 Å². The Labute approximate surface area is 82.7 Å². The highest BCUT2D eigenvalue weighted by Gasteiger charge is 1.98. The van der Waals surface area contributed by atoms with Crippen LogP contribution in [0.1, 0.15) is 12.6 Å². The average Bonchev–Trinajstić information content (AvgIpc) is 2.15. The van der Waals surface area contributed by atoms with Crippen molar-refractivity contribution in [2.45, 2.75) is 13.5 Å². The molecule has 2 amide bonds. The van der Waals surface area contributed by atoms with Gasteiger partial charge < -0.3 is 16.4 Å². The highest BCUT2D eigenvalue weighted by Crippen LogP contribution is 1.99. The van der Waals surface area contributed by atoms with E-state index in [2.05, 4.69) is 15.6 Å². The van der Waals surface area contributed by atoms with Crippen molar-refractivity contribution in [1.82, 2.24) is 15.6 Å². The third-order valence-corrected chi connectivity index (χ3v) is 1.60. The summed E-state index contributed by atoms with van der Waals surface area (Å²) in [7, 11) is 0. The fourth-order valence-corrected chi connectivity index (χ4v) is 0.990. The van der Waals surface area contributed by atoms with Crippen LogP contribution in [0.2, 0.25) is 0 Å². The third-order valence-electron chi connectivity index (χ3n) is 1.60. The van der Waals surface area contributed by atoms with Gasteiger partial charge in [-0.1, -0.05) is 6.07 Å². The van der Waals surface area contributed by atoms with E-state index >= 15 is 0 Å². The summed E-state index contributed by atoms with van der Waals surface area (Å²) in [5.41, 5.74) is 6.23. The van der Waals surface area contributed by atoms with Crippen molar-refractivity contribution < 1.29 is 4.79 Å². The number of aromatic nitrogens is 1. The maximum Gasteiger partial charge on any atom is 0.315 e. The van der Waals surface area contributed by atoms with Crippen LogP contribution >= 0.6 is 0 Å². The lowest BCUT2D eigenvalue weighted by Gasteiger charge is -2.05. The molecule has 0 aliphatic rings. The smallest absolute Gasteiger partial charge is 0.315 e. The normalized spacial score (nSPS) is 9.50. The number of hydrogen-bond acceptors (Lipinski definition) is 3. The minimum atomic E-state index is -0.197. The largest absolute Gasteiger partial charge is 0.384 e. The van der Waals surface area contributed by atoms with Gasteiger partial charge in [0.1, 0.15) is 5.82 Å². The minimum Gasteiger partial charge on any atom is -0.384 e. The van der Waals surface area contributed by atoms with Gasteiger partial charge >= 0.3 is 6.03 Å². The first-order valence-electron chi connectivity index (χ1n) is 4.45. The highest BCUT2D eigenvalue weighted by molar-refractivity contribution is 5.73. The number of amides is 2. The molecule has 0 fully saturated rings. The Morgan fingerprint density at radius 2 is 2.29 bits per heavy atom. The van der Waals surface area contributed by atoms with Gasteiger partial charge in [0.05, 0.1) is 12.2 Å². The second kappa shape index (κ2) is 5.06. The van der Waals surface area contributed by atoms with E-state index in [9.17, 15) is 4.79 Å². The topological polar surface area (TPSA) is 80.0 Å². The van der Waals surface area contributed by atoms with Crippen molar-refractivity contribution in [2.24, 2.45) is 0 Å². The molecular formula is C9H14N4O. The minimum absolute atomic E-state index is 0.197. The molecular weight excluding hydrogens is 180 g/mol. The number of carbonyl (C=O) groups is 1. The molecule has 0 radical (unpaired) electrons. The van der Waals surface area contributed by atoms with Crippen LogP contribution in [0, 0.1) is 0 Å². The fourth-order valence-electron chi connectivity index (χ4n) is 0.990. The number of nitrogen functional groups attached to an aromatic ring is 1. The van der Waals surface area contributed by atoms with Gasteiger partial charge in [0.2, 0.25) is 0 Å². The molecule has 14 heavy (non-hydrogen) atoms. The summed E-state index contributed by atoms with van der Waals surface area (Å²) in [6.07, 6.45) is 0. The SMILES string of the molecule is CCNC(=O)NCc1cccc(N)n1. The van der Waals surface area contributed by atoms with E-state index < -0.39 is 0 Å². The number of nitrogens with one attached hydrogen (secondary N) is 2. The molecule has 0 atom stereocenters. The number of pyridine rings is 1. The van der Waals surface area contributed by atoms with Gasteiger partial charge in [0, 0.05) is 6.54 Å². The molecule has 0 unspecified atom stereocenters. The number of rotatable bonds is 3. The third kappa shape index (κ3) is 3.30. The quantitative estimate of drug-likeness (QED) is 0.654. The predicted octanol–water partition coefficient (Wildman–Crippen LogP) is 0.483. The summed E-state index contributed by atoms with van der Waals surface area (Å²) in [6.45, 7) is 2.85. The zero-order valence-electron chi connectivity index (χ0n) is 8.08. The van der Waals surface area contributed by atoms with Gasteiger partial charge in [0.25, 0.3) is 0 Å². The van der Waals surface area contributed by atoms with Crippen molar-refractivity contribution in [3.63, 3.8) is 0 Å². The lowest BCUT2D eigenvalue weighted by Crippen LogP contribution is -2.34. The highest BCUT2D eigenvalue weighted by atomic mass is 16.2. The van der Waals surface area contributed by atoms with Crippen molar-refractivity contribution in [3.05, 3.63) is 23.9 Å². The van der Waals surface area contributed by atoms with Crippen LogP contribution in [0.4, 0.5) is 10.6 Å².